The lowest BCUT2D eigenvalue weighted by atomic mass is 10.3. The largest absolute Gasteiger partial charge is 0.480 e. The van der Waals surface area contributed by atoms with E-state index in [9.17, 15) is 17.6 Å². The third-order valence-electron chi connectivity index (χ3n) is 2.54. The molecule has 1 unspecified atom stereocenters. The Hall–Kier alpha value is -1.18. The molecule has 0 aliphatic rings. The van der Waals surface area contributed by atoms with Gasteiger partial charge in [-0.25, -0.2) is 12.8 Å². The van der Waals surface area contributed by atoms with E-state index < -0.39 is 27.9 Å². The highest BCUT2D eigenvalue weighted by Crippen LogP contribution is 2.23. The molecule has 1 rings (SSSR count). The molecule has 0 aliphatic heterocycles. The van der Waals surface area contributed by atoms with E-state index in [1.807, 2.05) is 0 Å². The van der Waals surface area contributed by atoms with Crippen molar-refractivity contribution >= 4 is 27.6 Å². The highest BCUT2D eigenvalue weighted by atomic mass is 35.5. The van der Waals surface area contributed by atoms with E-state index in [1.54, 1.807) is 0 Å². The normalized spacial score (nSPS) is 13.5. The Morgan fingerprint density at radius 3 is 2.47 bits per heavy atom. The van der Waals surface area contributed by atoms with Crippen molar-refractivity contribution < 1.29 is 22.7 Å². The summed E-state index contributed by atoms with van der Waals surface area (Å²) in [7, 11) is -4.11. The van der Waals surface area contributed by atoms with Gasteiger partial charge in [0.1, 0.15) is 11.9 Å². The second-order valence-corrected chi connectivity index (χ2v) is 6.15. The summed E-state index contributed by atoms with van der Waals surface area (Å²) in [5.41, 5.74) is 0. The highest BCUT2D eigenvalue weighted by molar-refractivity contribution is 7.89. The van der Waals surface area contributed by atoms with Crippen LogP contribution in [0.1, 0.15) is 13.8 Å². The van der Waals surface area contributed by atoms with Crippen LogP contribution >= 0.6 is 11.6 Å². The molecule has 0 heterocycles. The van der Waals surface area contributed by atoms with E-state index in [4.69, 9.17) is 16.7 Å². The molecule has 0 amide bonds. The monoisotopic (exact) mass is 309 g/mol. The maximum absolute atomic E-state index is 13.2. The van der Waals surface area contributed by atoms with Crippen LogP contribution in [0, 0.1) is 5.82 Å². The van der Waals surface area contributed by atoms with Crippen molar-refractivity contribution in [3.05, 3.63) is 29.0 Å². The second-order valence-electron chi connectivity index (χ2n) is 3.83. The van der Waals surface area contributed by atoms with Gasteiger partial charge in [-0.2, -0.15) is 4.31 Å². The lowest BCUT2D eigenvalue weighted by molar-refractivity contribution is -0.140. The minimum atomic E-state index is -4.11. The first-order chi connectivity index (χ1) is 8.70. The molecule has 8 heteroatoms. The molecular formula is C11H13ClFNO4S. The van der Waals surface area contributed by atoms with Gasteiger partial charge in [0.05, 0.1) is 4.90 Å². The Labute approximate surface area is 115 Å². The van der Waals surface area contributed by atoms with Gasteiger partial charge in [0.25, 0.3) is 0 Å². The quantitative estimate of drug-likeness (QED) is 0.902. The van der Waals surface area contributed by atoms with E-state index in [0.29, 0.717) is 0 Å². The van der Waals surface area contributed by atoms with Crippen molar-refractivity contribution in [3.63, 3.8) is 0 Å². The Balaban J connectivity index is 3.32. The Morgan fingerprint density at radius 1 is 1.47 bits per heavy atom. The van der Waals surface area contributed by atoms with Crippen molar-refractivity contribution in [1.82, 2.24) is 4.31 Å². The maximum atomic E-state index is 13.2. The standard InChI is InChI=1S/C11H13ClFNO4S/c1-3-14(7(2)11(15)16)19(17,18)10-5-8(12)4-9(13)6-10/h4-7H,3H2,1-2H3,(H,15,16). The van der Waals surface area contributed by atoms with E-state index in [-0.39, 0.29) is 16.5 Å². The number of aliphatic carboxylic acids is 1. The molecule has 0 saturated carbocycles. The van der Waals surface area contributed by atoms with Gasteiger partial charge in [-0.1, -0.05) is 18.5 Å². The fraction of sp³-hybridized carbons (Fsp3) is 0.364. The SMILES string of the molecule is CCN(C(C)C(=O)O)S(=O)(=O)c1cc(F)cc(Cl)c1. The van der Waals surface area contributed by atoms with Gasteiger partial charge in [-0.05, 0) is 25.1 Å². The van der Waals surface area contributed by atoms with Crippen LogP contribution < -0.4 is 0 Å². The molecule has 0 fully saturated rings. The number of rotatable bonds is 5. The average molecular weight is 310 g/mol. The fourth-order valence-corrected chi connectivity index (χ4v) is 3.53. The molecule has 0 saturated heterocycles. The summed E-state index contributed by atoms with van der Waals surface area (Å²) < 4.78 is 38.5. The van der Waals surface area contributed by atoms with Crippen LogP contribution in [0.2, 0.25) is 5.02 Å². The first-order valence-electron chi connectivity index (χ1n) is 5.41. The van der Waals surface area contributed by atoms with Crippen LogP contribution in [0.25, 0.3) is 0 Å². The minimum absolute atomic E-state index is 0.0517. The van der Waals surface area contributed by atoms with Crippen LogP contribution in [0.5, 0.6) is 0 Å². The van der Waals surface area contributed by atoms with Crippen LogP contribution in [-0.4, -0.2) is 36.4 Å². The highest BCUT2D eigenvalue weighted by Gasteiger charge is 2.32. The van der Waals surface area contributed by atoms with E-state index in [0.717, 1.165) is 22.5 Å². The van der Waals surface area contributed by atoms with Crippen molar-refractivity contribution in [3.8, 4) is 0 Å². The summed E-state index contributed by atoms with van der Waals surface area (Å²) in [5, 5.41) is 8.83. The molecule has 0 bridgehead atoms. The number of carboxylic acids is 1. The van der Waals surface area contributed by atoms with Gasteiger partial charge in [-0.15, -0.1) is 0 Å². The van der Waals surface area contributed by atoms with E-state index in [2.05, 4.69) is 0 Å². The molecule has 0 spiro atoms. The molecule has 19 heavy (non-hydrogen) atoms. The molecule has 1 N–H and O–H groups in total. The van der Waals surface area contributed by atoms with Crippen LogP contribution in [0.3, 0.4) is 0 Å². The predicted molar refractivity (Wildman–Crippen MR) is 68.1 cm³/mol. The van der Waals surface area contributed by atoms with Gasteiger partial charge in [0, 0.05) is 11.6 Å². The number of hydrogen-bond donors (Lipinski definition) is 1. The zero-order valence-electron chi connectivity index (χ0n) is 10.3. The Bertz CT molecular complexity index is 570. The van der Waals surface area contributed by atoms with Crippen molar-refractivity contribution in [1.29, 1.82) is 0 Å². The van der Waals surface area contributed by atoms with Gasteiger partial charge in [0.2, 0.25) is 10.0 Å². The Morgan fingerprint density at radius 2 is 2.05 bits per heavy atom. The van der Waals surface area contributed by atoms with E-state index >= 15 is 0 Å². The smallest absolute Gasteiger partial charge is 0.321 e. The molecular weight excluding hydrogens is 297 g/mol. The molecule has 1 atom stereocenters. The van der Waals surface area contributed by atoms with E-state index in [1.165, 1.54) is 13.8 Å². The molecule has 5 nitrogen and oxygen atoms in total. The van der Waals surface area contributed by atoms with Gasteiger partial charge in [-0.3, -0.25) is 4.79 Å². The fourth-order valence-electron chi connectivity index (χ4n) is 1.59. The lowest BCUT2D eigenvalue weighted by Crippen LogP contribution is -2.43. The summed E-state index contributed by atoms with van der Waals surface area (Å²) in [6, 6.07) is 1.60. The molecule has 0 aliphatic carbocycles. The average Bonchev–Trinajstić information content (AvgIpc) is 2.27. The third-order valence-corrected chi connectivity index (χ3v) is 4.79. The summed E-state index contributed by atoms with van der Waals surface area (Å²) in [4.78, 5) is 10.5. The number of hydrogen-bond acceptors (Lipinski definition) is 3. The molecule has 106 valence electrons. The zero-order valence-corrected chi connectivity index (χ0v) is 11.9. The van der Waals surface area contributed by atoms with Crippen molar-refractivity contribution in [2.24, 2.45) is 0 Å². The second kappa shape index (κ2) is 5.85. The number of carbonyl (C=O) groups is 1. The summed E-state index contributed by atoms with van der Waals surface area (Å²) in [5.74, 6) is -2.09. The summed E-state index contributed by atoms with van der Waals surface area (Å²) in [6.07, 6.45) is 0. The molecule has 1 aromatic rings. The minimum Gasteiger partial charge on any atom is -0.480 e. The van der Waals surface area contributed by atoms with Gasteiger partial charge >= 0.3 is 5.97 Å². The van der Waals surface area contributed by atoms with Crippen LogP contribution in [0.15, 0.2) is 23.1 Å². The van der Waals surface area contributed by atoms with Gasteiger partial charge < -0.3 is 5.11 Å². The number of likely N-dealkylation sites (N-methyl/N-ethyl adjacent to an activating group) is 1. The first kappa shape index (κ1) is 15.9. The van der Waals surface area contributed by atoms with Crippen molar-refractivity contribution in [2.45, 2.75) is 24.8 Å². The number of sulfonamides is 1. The topological polar surface area (TPSA) is 74.7 Å². The zero-order chi connectivity index (χ0) is 14.8. The predicted octanol–water partition coefficient (Wildman–Crippen LogP) is 1.96. The number of carboxylic acid groups (broad SMARTS) is 1. The molecule has 1 aromatic carbocycles. The van der Waals surface area contributed by atoms with Crippen LogP contribution in [-0.2, 0) is 14.8 Å². The Kier molecular flexibility index (Phi) is 4.89. The summed E-state index contributed by atoms with van der Waals surface area (Å²) in [6.45, 7) is 2.69. The maximum Gasteiger partial charge on any atom is 0.321 e. The molecule has 0 radical (unpaired) electrons. The van der Waals surface area contributed by atoms with Crippen molar-refractivity contribution in [2.75, 3.05) is 6.54 Å². The summed E-state index contributed by atoms with van der Waals surface area (Å²) >= 11 is 5.61. The van der Waals surface area contributed by atoms with Gasteiger partial charge in [0.15, 0.2) is 0 Å². The number of halogens is 2. The third kappa shape index (κ3) is 3.43. The number of benzene rings is 1. The molecule has 0 aromatic heterocycles. The first-order valence-corrected chi connectivity index (χ1v) is 7.22. The lowest BCUT2D eigenvalue weighted by Gasteiger charge is -2.24. The number of nitrogens with zero attached hydrogens (tertiary/aromatic N) is 1. The van der Waals surface area contributed by atoms with Crippen LogP contribution in [0.4, 0.5) is 4.39 Å².